The summed E-state index contributed by atoms with van der Waals surface area (Å²) in [6.07, 6.45) is 3.25. The first-order valence-corrected chi connectivity index (χ1v) is 14.0. The molecule has 1 atom stereocenters. The van der Waals surface area contributed by atoms with Gasteiger partial charge in [0, 0.05) is 12.7 Å². The van der Waals surface area contributed by atoms with E-state index >= 15 is 0 Å². The number of ketones is 1. The van der Waals surface area contributed by atoms with E-state index in [2.05, 4.69) is 4.98 Å². The first kappa shape index (κ1) is 28.0. The summed E-state index contributed by atoms with van der Waals surface area (Å²) in [6.45, 7) is 8.92. The number of imidazole rings is 1. The summed E-state index contributed by atoms with van der Waals surface area (Å²) in [7, 11) is 0. The lowest BCUT2D eigenvalue weighted by atomic mass is 9.95. The third-order valence-electron chi connectivity index (χ3n) is 7.38. The summed E-state index contributed by atoms with van der Waals surface area (Å²) in [6, 6.07) is 18.2. The van der Waals surface area contributed by atoms with Crippen molar-refractivity contribution in [2.45, 2.75) is 46.6 Å². The van der Waals surface area contributed by atoms with E-state index in [1.54, 1.807) is 12.1 Å². The van der Waals surface area contributed by atoms with Crippen molar-refractivity contribution in [1.29, 1.82) is 0 Å². The van der Waals surface area contributed by atoms with Crippen molar-refractivity contribution in [1.82, 2.24) is 14.3 Å². The fraction of sp³-hybridized carbons (Fsp3) is 0.303. The highest BCUT2D eigenvalue weighted by Crippen LogP contribution is 2.42. The summed E-state index contributed by atoms with van der Waals surface area (Å²) in [5.74, 6) is -0.579. The molecule has 1 saturated heterocycles. The predicted molar refractivity (Wildman–Crippen MR) is 157 cm³/mol. The number of hydrogen-bond acceptors (Lipinski definition) is 6. The highest BCUT2D eigenvalue weighted by Gasteiger charge is 2.46. The molecule has 0 bridgehead atoms. The first-order valence-electron chi connectivity index (χ1n) is 14.0. The number of aromatic nitrogens is 2. The van der Waals surface area contributed by atoms with Gasteiger partial charge in [-0.15, -0.1) is 0 Å². The Kier molecular flexibility index (Phi) is 8.10. The zero-order valence-corrected chi connectivity index (χ0v) is 23.9. The number of rotatable bonds is 10. The number of benzene rings is 2. The smallest absolute Gasteiger partial charge is 0.295 e. The number of Topliss-reactive ketones (excluding diaryl/α,β-unsaturated/α-hetero) is 1. The molecule has 5 rings (SSSR count). The summed E-state index contributed by atoms with van der Waals surface area (Å²) in [4.78, 5) is 33.4. The average molecular weight is 554 g/mol. The van der Waals surface area contributed by atoms with Crippen molar-refractivity contribution in [2.24, 2.45) is 0 Å². The van der Waals surface area contributed by atoms with Gasteiger partial charge in [-0.25, -0.2) is 4.98 Å². The van der Waals surface area contributed by atoms with Crippen LogP contribution in [0.5, 0.6) is 11.5 Å². The molecule has 0 radical (unpaired) electrons. The molecule has 1 unspecified atom stereocenters. The number of nitrogens with zero attached hydrogens (tertiary/aromatic N) is 3. The van der Waals surface area contributed by atoms with Crippen LogP contribution in [-0.4, -0.2) is 50.8 Å². The minimum absolute atomic E-state index is 0.0110. The van der Waals surface area contributed by atoms with Crippen LogP contribution in [0.3, 0.4) is 0 Å². The third kappa shape index (κ3) is 5.29. The predicted octanol–water partition coefficient (Wildman–Crippen LogP) is 5.80. The van der Waals surface area contributed by atoms with E-state index in [1.807, 2.05) is 86.8 Å². The van der Waals surface area contributed by atoms with E-state index in [0.29, 0.717) is 48.0 Å². The van der Waals surface area contributed by atoms with Crippen molar-refractivity contribution in [3.8, 4) is 11.5 Å². The molecule has 1 aliphatic rings. The number of likely N-dealkylation sites (tertiary alicyclic amines) is 1. The molecule has 212 valence electrons. The molecule has 8 heteroatoms. The molecule has 1 fully saturated rings. The SMILES string of the molecule is CCCOc1ccc(C2C(=C(O)c3nc4c(C)cccn4c3C)C(=O)C(=O)N2CCc2ccccc2)cc1OCC. The fourth-order valence-corrected chi connectivity index (χ4v) is 5.32. The van der Waals surface area contributed by atoms with Gasteiger partial charge in [-0.1, -0.05) is 49.4 Å². The Bertz CT molecular complexity index is 1620. The van der Waals surface area contributed by atoms with Gasteiger partial charge in [0.15, 0.2) is 17.3 Å². The van der Waals surface area contributed by atoms with Crippen LogP contribution in [-0.2, 0) is 16.0 Å². The standard InChI is InChI=1S/C33H35N3O5/c1-5-19-41-25-15-14-24(20-26(25)40-6-2)29-27(30(37)28-22(4)35-17-10-11-21(3)32(35)34-28)31(38)33(39)36(29)18-16-23-12-8-7-9-13-23/h7-15,17,20,29,37H,5-6,16,18-19H2,1-4H3. The lowest BCUT2D eigenvalue weighted by Crippen LogP contribution is -2.31. The molecular weight excluding hydrogens is 518 g/mol. The van der Waals surface area contributed by atoms with Crippen molar-refractivity contribution >= 4 is 23.1 Å². The van der Waals surface area contributed by atoms with Crippen LogP contribution >= 0.6 is 0 Å². The topological polar surface area (TPSA) is 93.4 Å². The summed E-state index contributed by atoms with van der Waals surface area (Å²) < 4.78 is 13.7. The third-order valence-corrected chi connectivity index (χ3v) is 7.38. The second-order valence-electron chi connectivity index (χ2n) is 10.1. The van der Waals surface area contributed by atoms with Crippen LogP contribution in [0.2, 0.25) is 0 Å². The van der Waals surface area contributed by atoms with Crippen molar-refractivity contribution < 1.29 is 24.2 Å². The number of pyridine rings is 1. The maximum atomic E-state index is 13.6. The van der Waals surface area contributed by atoms with E-state index in [-0.39, 0.29) is 23.6 Å². The minimum Gasteiger partial charge on any atom is -0.505 e. The highest BCUT2D eigenvalue weighted by molar-refractivity contribution is 6.46. The Morgan fingerprint density at radius 3 is 2.46 bits per heavy atom. The van der Waals surface area contributed by atoms with Crippen LogP contribution in [0.15, 0.2) is 72.4 Å². The van der Waals surface area contributed by atoms with E-state index in [9.17, 15) is 14.7 Å². The highest BCUT2D eigenvalue weighted by atomic mass is 16.5. The van der Waals surface area contributed by atoms with Crippen molar-refractivity contribution in [2.75, 3.05) is 19.8 Å². The molecule has 1 amide bonds. The second-order valence-corrected chi connectivity index (χ2v) is 10.1. The van der Waals surface area contributed by atoms with Gasteiger partial charge < -0.3 is 23.9 Å². The Hall–Kier alpha value is -4.59. The molecule has 4 aromatic rings. The van der Waals surface area contributed by atoms with Crippen LogP contribution in [0, 0.1) is 13.8 Å². The van der Waals surface area contributed by atoms with E-state index in [1.165, 1.54) is 4.90 Å². The summed E-state index contributed by atoms with van der Waals surface area (Å²) in [5.41, 5.74) is 4.25. The molecule has 0 spiro atoms. The molecule has 2 aromatic carbocycles. The molecule has 1 N–H and O–H groups in total. The number of carbonyl (C=O) groups is 2. The fourth-order valence-electron chi connectivity index (χ4n) is 5.32. The average Bonchev–Trinajstić information content (AvgIpc) is 3.45. The van der Waals surface area contributed by atoms with Crippen LogP contribution in [0.25, 0.3) is 11.4 Å². The number of aliphatic hydroxyl groups is 1. The first-order chi connectivity index (χ1) is 19.8. The number of amides is 1. The largest absolute Gasteiger partial charge is 0.505 e. The minimum atomic E-state index is -0.830. The van der Waals surface area contributed by atoms with Crippen LogP contribution < -0.4 is 9.47 Å². The Balaban J connectivity index is 1.65. The number of carbonyl (C=O) groups excluding carboxylic acids is 2. The molecule has 0 saturated carbocycles. The van der Waals surface area contributed by atoms with E-state index in [0.717, 1.165) is 17.5 Å². The summed E-state index contributed by atoms with van der Waals surface area (Å²) in [5, 5.41) is 11.7. The van der Waals surface area contributed by atoms with Gasteiger partial charge in [0.2, 0.25) is 0 Å². The van der Waals surface area contributed by atoms with Gasteiger partial charge in [-0.05, 0) is 68.5 Å². The molecule has 2 aromatic heterocycles. The number of aryl methyl sites for hydroxylation is 2. The maximum absolute atomic E-state index is 13.6. The number of hydrogen-bond donors (Lipinski definition) is 1. The van der Waals surface area contributed by atoms with Crippen molar-refractivity contribution in [3.63, 3.8) is 0 Å². The van der Waals surface area contributed by atoms with Crippen molar-refractivity contribution in [3.05, 3.63) is 101 Å². The maximum Gasteiger partial charge on any atom is 0.295 e. The molecule has 0 aliphatic carbocycles. The lowest BCUT2D eigenvalue weighted by Gasteiger charge is -2.26. The molecular formula is C33H35N3O5. The zero-order valence-electron chi connectivity index (χ0n) is 23.9. The molecule has 8 nitrogen and oxygen atoms in total. The Morgan fingerprint density at radius 2 is 1.76 bits per heavy atom. The summed E-state index contributed by atoms with van der Waals surface area (Å²) >= 11 is 0. The second kappa shape index (κ2) is 11.9. The lowest BCUT2D eigenvalue weighted by molar-refractivity contribution is -0.139. The monoisotopic (exact) mass is 553 g/mol. The van der Waals surface area contributed by atoms with Gasteiger partial charge in [0.25, 0.3) is 11.7 Å². The van der Waals surface area contributed by atoms with Gasteiger partial charge in [0.1, 0.15) is 11.3 Å². The number of ether oxygens (including phenoxy) is 2. The van der Waals surface area contributed by atoms with Gasteiger partial charge >= 0.3 is 0 Å². The zero-order chi connectivity index (χ0) is 29.1. The van der Waals surface area contributed by atoms with Crippen LogP contribution in [0.4, 0.5) is 0 Å². The van der Waals surface area contributed by atoms with Gasteiger partial charge in [-0.3, -0.25) is 9.59 Å². The Morgan fingerprint density at radius 1 is 0.976 bits per heavy atom. The van der Waals surface area contributed by atoms with E-state index < -0.39 is 17.7 Å². The van der Waals surface area contributed by atoms with Gasteiger partial charge in [-0.2, -0.15) is 0 Å². The Labute approximate surface area is 239 Å². The van der Waals surface area contributed by atoms with Gasteiger partial charge in [0.05, 0.1) is 30.5 Å². The molecule has 3 heterocycles. The number of fused-ring (bicyclic) bond motifs is 1. The normalized spacial score (nSPS) is 16.5. The van der Waals surface area contributed by atoms with Crippen LogP contribution in [0.1, 0.15) is 54.4 Å². The molecule has 1 aliphatic heterocycles. The van der Waals surface area contributed by atoms with E-state index in [4.69, 9.17) is 9.47 Å². The number of aliphatic hydroxyl groups excluding tert-OH is 1. The quantitative estimate of drug-likeness (QED) is 0.152. The molecule has 41 heavy (non-hydrogen) atoms.